The first-order valence-corrected chi connectivity index (χ1v) is 6.67. The van der Waals surface area contributed by atoms with Gasteiger partial charge in [-0.1, -0.05) is 31.2 Å². The zero-order chi connectivity index (χ0) is 15.3. The molecule has 0 aliphatic rings. The molecule has 0 aromatic heterocycles. The molecule has 2 amide bonds. The van der Waals surface area contributed by atoms with Gasteiger partial charge < -0.3 is 15.7 Å². The summed E-state index contributed by atoms with van der Waals surface area (Å²) in [6.07, 6.45) is 0.314. The Morgan fingerprint density at radius 1 is 1.35 bits per heavy atom. The van der Waals surface area contributed by atoms with Gasteiger partial charge in [-0.3, -0.25) is 0 Å². The van der Waals surface area contributed by atoms with Crippen LogP contribution in [0.4, 0.5) is 4.79 Å². The Kier molecular flexibility index (Phi) is 5.13. The third-order valence-electron chi connectivity index (χ3n) is 3.57. The quantitative estimate of drug-likeness (QED) is 0.774. The zero-order valence-electron chi connectivity index (χ0n) is 12.4. The lowest BCUT2D eigenvalue weighted by atomic mass is 9.99. The molecule has 2 atom stereocenters. The minimum absolute atomic E-state index is 0.189. The normalized spacial score (nSPS) is 15.0. The molecule has 110 valence electrons. The van der Waals surface area contributed by atoms with Crippen molar-refractivity contribution >= 4 is 12.0 Å². The number of carbonyl (C=O) groups excluding carboxylic acids is 1. The summed E-state index contributed by atoms with van der Waals surface area (Å²) in [5.74, 6) is -1.04. The fourth-order valence-electron chi connectivity index (χ4n) is 1.93. The van der Waals surface area contributed by atoms with E-state index < -0.39 is 17.5 Å². The van der Waals surface area contributed by atoms with Gasteiger partial charge in [-0.2, -0.15) is 0 Å². The summed E-state index contributed by atoms with van der Waals surface area (Å²) < 4.78 is 0. The van der Waals surface area contributed by atoms with Crippen LogP contribution in [0.3, 0.4) is 0 Å². The fraction of sp³-hybridized carbons (Fsp3) is 0.467. The van der Waals surface area contributed by atoms with Crippen LogP contribution in [0.15, 0.2) is 24.3 Å². The lowest BCUT2D eigenvalue weighted by Crippen LogP contribution is -2.55. The number of aliphatic carboxylic acids is 1. The van der Waals surface area contributed by atoms with Crippen molar-refractivity contribution in [2.24, 2.45) is 0 Å². The van der Waals surface area contributed by atoms with Crippen LogP contribution in [-0.4, -0.2) is 22.6 Å². The van der Waals surface area contributed by atoms with Crippen molar-refractivity contribution in [1.82, 2.24) is 10.6 Å². The monoisotopic (exact) mass is 278 g/mol. The molecule has 5 nitrogen and oxygen atoms in total. The number of carboxylic acid groups (broad SMARTS) is 1. The molecule has 3 N–H and O–H groups in total. The number of hydrogen-bond acceptors (Lipinski definition) is 2. The smallest absolute Gasteiger partial charge is 0.329 e. The Morgan fingerprint density at radius 3 is 2.45 bits per heavy atom. The molecule has 0 aliphatic heterocycles. The van der Waals surface area contributed by atoms with Gasteiger partial charge in [0.1, 0.15) is 5.54 Å². The Labute approximate surface area is 119 Å². The second-order valence-corrected chi connectivity index (χ2v) is 5.17. The first-order valence-electron chi connectivity index (χ1n) is 6.67. The number of rotatable bonds is 5. The molecular weight excluding hydrogens is 256 g/mol. The maximum atomic E-state index is 11.9. The van der Waals surface area contributed by atoms with Crippen LogP contribution < -0.4 is 10.6 Å². The van der Waals surface area contributed by atoms with Gasteiger partial charge in [-0.25, -0.2) is 9.59 Å². The number of amides is 2. The van der Waals surface area contributed by atoms with Crippen LogP contribution >= 0.6 is 0 Å². The van der Waals surface area contributed by atoms with Crippen molar-refractivity contribution < 1.29 is 14.7 Å². The Hall–Kier alpha value is -2.04. The van der Waals surface area contributed by atoms with Gasteiger partial charge in [0.15, 0.2) is 0 Å². The van der Waals surface area contributed by atoms with Crippen LogP contribution in [0.5, 0.6) is 0 Å². The molecule has 0 saturated carbocycles. The van der Waals surface area contributed by atoms with E-state index in [0.29, 0.717) is 6.42 Å². The summed E-state index contributed by atoms with van der Waals surface area (Å²) in [7, 11) is 0. The van der Waals surface area contributed by atoms with Gasteiger partial charge in [0.2, 0.25) is 0 Å². The van der Waals surface area contributed by atoms with Gasteiger partial charge in [0.05, 0.1) is 6.04 Å². The molecule has 0 saturated heterocycles. The summed E-state index contributed by atoms with van der Waals surface area (Å²) in [4.78, 5) is 23.1. The molecule has 1 aromatic carbocycles. The third-order valence-corrected chi connectivity index (χ3v) is 3.57. The predicted molar refractivity (Wildman–Crippen MR) is 77.6 cm³/mol. The van der Waals surface area contributed by atoms with Gasteiger partial charge in [0, 0.05) is 0 Å². The first-order chi connectivity index (χ1) is 9.30. The van der Waals surface area contributed by atoms with E-state index in [1.807, 2.05) is 38.1 Å². The molecule has 0 radical (unpaired) electrons. The summed E-state index contributed by atoms with van der Waals surface area (Å²) in [5.41, 5.74) is 0.836. The lowest BCUT2D eigenvalue weighted by Gasteiger charge is -2.26. The highest BCUT2D eigenvalue weighted by molar-refractivity contribution is 5.85. The van der Waals surface area contributed by atoms with Gasteiger partial charge >= 0.3 is 12.0 Å². The van der Waals surface area contributed by atoms with E-state index in [-0.39, 0.29) is 6.04 Å². The van der Waals surface area contributed by atoms with Crippen molar-refractivity contribution in [1.29, 1.82) is 0 Å². The first kappa shape index (κ1) is 16.0. The van der Waals surface area contributed by atoms with Crippen molar-refractivity contribution in [2.45, 2.75) is 45.7 Å². The van der Waals surface area contributed by atoms with Crippen molar-refractivity contribution in [3.8, 4) is 0 Å². The van der Waals surface area contributed by atoms with Crippen LogP contribution in [0.1, 0.15) is 44.4 Å². The van der Waals surface area contributed by atoms with E-state index in [0.717, 1.165) is 11.1 Å². The molecule has 1 aromatic rings. The van der Waals surface area contributed by atoms with E-state index in [4.69, 9.17) is 5.11 Å². The van der Waals surface area contributed by atoms with Gasteiger partial charge in [0.25, 0.3) is 0 Å². The molecule has 20 heavy (non-hydrogen) atoms. The summed E-state index contributed by atoms with van der Waals surface area (Å²) in [5, 5.41) is 14.4. The highest BCUT2D eigenvalue weighted by Gasteiger charge is 2.33. The average Bonchev–Trinajstić information content (AvgIpc) is 2.38. The van der Waals surface area contributed by atoms with Crippen LogP contribution in [0.25, 0.3) is 0 Å². The second kappa shape index (κ2) is 6.41. The molecule has 1 rings (SSSR count). The summed E-state index contributed by atoms with van der Waals surface area (Å²) in [6, 6.07) is 7.09. The number of carbonyl (C=O) groups is 2. The minimum atomic E-state index is -1.25. The molecule has 0 aliphatic carbocycles. The summed E-state index contributed by atoms with van der Waals surface area (Å²) >= 11 is 0. The van der Waals surface area contributed by atoms with E-state index in [9.17, 15) is 9.59 Å². The highest BCUT2D eigenvalue weighted by atomic mass is 16.4. The Bertz CT molecular complexity index is 502. The van der Waals surface area contributed by atoms with Crippen molar-refractivity contribution in [3.05, 3.63) is 35.4 Å². The average molecular weight is 278 g/mol. The topological polar surface area (TPSA) is 78.4 Å². The number of aryl methyl sites for hydroxylation is 1. The Morgan fingerprint density at radius 2 is 1.95 bits per heavy atom. The molecule has 0 heterocycles. The Balaban J connectivity index is 2.72. The van der Waals surface area contributed by atoms with E-state index in [2.05, 4.69) is 10.6 Å². The largest absolute Gasteiger partial charge is 0.480 e. The maximum absolute atomic E-state index is 11.9. The number of benzene rings is 1. The number of nitrogens with one attached hydrogen (secondary N) is 2. The molecule has 2 unspecified atom stereocenters. The molecule has 0 bridgehead atoms. The van der Waals surface area contributed by atoms with Crippen molar-refractivity contribution in [3.63, 3.8) is 0 Å². The predicted octanol–water partition coefficient (Wildman–Crippen LogP) is 2.61. The maximum Gasteiger partial charge on any atom is 0.329 e. The van der Waals surface area contributed by atoms with Crippen LogP contribution in [0.2, 0.25) is 0 Å². The van der Waals surface area contributed by atoms with E-state index >= 15 is 0 Å². The van der Waals surface area contributed by atoms with Gasteiger partial charge in [-0.05, 0) is 38.3 Å². The second-order valence-electron chi connectivity index (χ2n) is 5.17. The van der Waals surface area contributed by atoms with Crippen molar-refractivity contribution in [2.75, 3.05) is 0 Å². The fourth-order valence-corrected chi connectivity index (χ4v) is 1.93. The molecule has 0 spiro atoms. The number of hydrogen-bond donors (Lipinski definition) is 3. The van der Waals surface area contributed by atoms with E-state index in [1.54, 1.807) is 6.92 Å². The highest BCUT2D eigenvalue weighted by Crippen LogP contribution is 2.17. The molecule has 5 heteroatoms. The van der Waals surface area contributed by atoms with Gasteiger partial charge in [-0.15, -0.1) is 0 Å². The summed E-state index contributed by atoms with van der Waals surface area (Å²) in [6.45, 7) is 7.05. The standard InChI is InChI=1S/C15H22N2O3/c1-5-15(4,13(18)19)17-14(20)16-11(3)12-9-7-6-8-10(12)2/h6-9,11H,5H2,1-4H3,(H,18,19)(H2,16,17,20). The minimum Gasteiger partial charge on any atom is -0.480 e. The zero-order valence-corrected chi connectivity index (χ0v) is 12.4. The van der Waals surface area contributed by atoms with Crippen LogP contribution in [0, 0.1) is 6.92 Å². The lowest BCUT2D eigenvalue weighted by molar-refractivity contribution is -0.143. The third kappa shape index (κ3) is 3.73. The van der Waals surface area contributed by atoms with Crippen LogP contribution in [-0.2, 0) is 4.79 Å². The SMILES string of the molecule is CCC(C)(NC(=O)NC(C)c1ccccc1C)C(=O)O. The number of urea groups is 1. The number of carboxylic acids is 1. The molecular formula is C15H22N2O3. The van der Waals surface area contributed by atoms with E-state index in [1.165, 1.54) is 6.92 Å². The molecule has 0 fully saturated rings.